The molecule has 5 atom stereocenters. The smallest absolute Gasteiger partial charge is 0.0898 e. The standard InChI is InChI=1S/C19H32O/c1-5-8-16(18(2,3)4)17-14-10-11-15-9-6-7-12-19(15,13-14)20-17/h7,12,14-17H,5-6,8-11,13H2,1-4H3. The molecule has 0 aromatic carbocycles. The third-order valence-corrected chi connectivity index (χ3v) is 6.17. The van der Waals surface area contributed by atoms with Crippen LogP contribution in [0.2, 0.25) is 0 Å². The van der Waals surface area contributed by atoms with E-state index >= 15 is 0 Å². The summed E-state index contributed by atoms with van der Waals surface area (Å²) in [5.41, 5.74) is 0.492. The molecule has 0 N–H and O–H groups in total. The van der Waals surface area contributed by atoms with Crippen LogP contribution in [-0.2, 0) is 4.74 Å². The maximum Gasteiger partial charge on any atom is 0.0898 e. The number of rotatable bonds is 3. The van der Waals surface area contributed by atoms with Gasteiger partial charge in [-0.25, -0.2) is 0 Å². The predicted molar refractivity (Wildman–Crippen MR) is 84.7 cm³/mol. The van der Waals surface area contributed by atoms with Gasteiger partial charge in [0.15, 0.2) is 0 Å². The molecule has 0 aromatic heterocycles. The van der Waals surface area contributed by atoms with Crippen LogP contribution in [0.3, 0.4) is 0 Å². The zero-order valence-corrected chi connectivity index (χ0v) is 13.8. The fourth-order valence-electron chi connectivity index (χ4n) is 5.14. The molecule has 2 fully saturated rings. The molecule has 3 aliphatic rings. The number of hydrogen-bond acceptors (Lipinski definition) is 1. The van der Waals surface area contributed by atoms with E-state index in [1.54, 1.807) is 0 Å². The van der Waals surface area contributed by atoms with E-state index in [2.05, 4.69) is 39.8 Å². The Morgan fingerprint density at radius 1 is 1.25 bits per heavy atom. The third-order valence-electron chi connectivity index (χ3n) is 6.17. The Kier molecular flexibility index (Phi) is 3.77. The zero-order valence-electron chi connectivity index (χ0n) is 13.8. The van der Waals surface area contributed by atoms with Crippen molar-refractivity contribution in [3.8, 4) is 0 Å². The molecule has 2 bridgehead atoms. The van der Waals surface area contributed by atoms with E-state index in [0.717, 1.165) is 11.8 Å². The first-order chi connectivity index (χ1) is 9.46. The maximum absolute atomic E-state index is 6.83. The second-order valence-electron chi connectivity index (χ2n) is 8.52. The van der Waals surface area contributed by atoms with Crippen molar-refractivity contribution in [2.75, 3.05) is 0 Å². The van der Waals surface area contributed by atoms with Gasteiger partial charge in [-0.3, -0.25) is 0 Å². The van der Waals surface area contributed by atoms with Crippen molar-refractivity contribution in [1.82, 2.24) is 0 Å². The Bertz CT molecular complexity index is 378. The molecule has 5 unspecified atom stereocenters. The third kappa shape index (κ3) is 2.36. The van der Waals surface area contributed by atoms with Gasteiger partial charge in [-0.2, -0.15) is 0 Å². The first-order valence-corrected chi connectivity index (χ1v) is 8.82. The van der Waals surface area contributed by atoms with Crippen molar-refractivity contribution in [1.29, 1.82) is 0 Å². The SMILES string of the molecule is CCCC(C1OC23C=CCCC2CCC1C3)C(C)(C)C. The van der Waals surface area contributed by atoms with Crippen LogP contribution in [0, 0.1) is 23.2 Å². The highest BCUT2D eigenvalue weighted by atomic mass is 16.5. The highest BCUT2D eigenvalue weighted by molar-refractivity contribution is 5.17. The lowest BCUT2D eigenvalue weighted by Crippen LogP contribution is -2.40. The van der Waals surface area contributed by atoms with Gasteiger partial charge in [-0.05, 0) is 61.7 Å². The lowest BCUT2D eigenvalue weighted by Gasteiger charge is -2.40. The zero-order chi connectivity index (χ0) is 14.4. The molecular weight excluding hydrogens is 244 g/mol. The highest BCUT2D eigenvalue weighted by Gasteiger charge is 2.55. The molecule has 20 heavy (non-hydrogen) atoms. The van der Waals surface area contributed by atoms with Gasteiger partial charge in [0.1, 0.15) is 0 Å². The van der Waals surface area contributed by atoms with Crippen LogP contribution in [0.5, 0.6) is 0 Å². The lowest BCUT2D eigenvalue weighted by molar-refractivity contribution is -0.0869. The molecule has 1 saturated heterocycles. The van der Waals surface area contributed by atoms with Crippen molar-refractivity contribution in [2.24, 2.45) is 23.2 Å². The minimum atomic E-state index is 0.128. The van der Waals surface area contributed by atoms with Crippen molar-refractivity contribution in [2.45, 2.75) is 84.3 Å². The largest absolute Gasteiger partial charge is 0.367 e. The molecule has 0 radical (unpaired) electrons. The normalized spacial score (nSPS) is 41.5. The lowest BCUT2D eigenvalue weighted by atomic mass is 9.65. The van der Waals surface area contributed by atoms with Crippen molar-refractivity contribution < 1.29 is 4.74 Å². The second kappa shape index (κ2) is 5.16. The minimum Gasteiger partial charge on any atom is -0.367 e. The Balaban J connectivity index is 1.85. The van der Waals surface area contributed by atoms with E-state index in [9.17, 15) is 0 Å². The molecule has 1 heterocycles. The summed E-state index contributed by atoms with van der Waals surface area (Å²) in [4.78, 5) is 0. The fraction of sp³-hybridized carbons (Fsp3) is 0.895. The minimum absolute atomic E-state index is 0.128. The molecule has 1 spiro atoms. The summed E-state index contributed by atoms with van der Waals surface area (Å²) in [6, 6.07) is 0. The van der Waals surface area contributed by atoms with E-state index in [-0.39, 0.29) is 5.60 Å². The van der Waals surface area contributed by atoms with Crippen molar-refractivity contribution in [3.05, 3.63) is 12.2 Å². The topological polar surface area (TPSA) is 9.23 Å². The summed E-state index contributed by atoms with van der Waals surface area (Å²) in [5, 5.41) is 0. The van der Waals surface area contributed by atoms with Gasteiger partial charge in [-0.1, -0.05) is 46.3 Å². The highest BCUT2D eigenvalue weighted by Crippen LogP contribution is 2.56. The van der Waals surface area contributed by atoms with E-state index < -0.39 is 0 Å². The molecule has 3 rings (SSSR count). The van der Waals surface area contributed by atoms with Gasteiger partial charge in [0.25, 0.3) is 0 Å². The van der Waals surface area contributed by atoms with E-state index in [1.165, 1.54) is 44.9 Å². The van der Waals surface area contributed by atoms with Gasteiger partial charge < -0.3 is 4.74 Å². The second-order valence-corrected chi connectivity index (χ2v) is 8.52. The molecule has 2 aliphatic carbocycles. The van der Waals surface area contributed by atoms with Gasteiger partial charge in [0.2, 0.25) is 0 Å². The molecule has 1 heteroatoms. The van der Waals surface area contributed by atoms with Crippen LogP contribution in [0.15, 0.2) is 12.2 Å². The fourth-order valence-corrected chi connectivity index (χ4v) is 5.14. The van der Waals surface area contributed by atoms with Crippen molar-refractivity contribution >= 4 is 0 Å². The Hall–Kier alpha value is -0.300. The predicted octanol–water partition coefficient (Wildman–Crippen LogP) is 5.35. The summed E-state index contributed by atoms with van der Waals surface area (Å²) in [5.74, 6) is 2.33. The Morgan fingerprint density at radius 3 is 2.75 bits per heavy atom. The van der Waals surface area contributed by atoms with Crippen LogP contribution in [0.4, 0.5) is 0 Å². The molecule has 0 amide bonds. The average Bonchev–Trinajstić information content (AvgIpc) is 2.66. The molecule has 114 valence electrons. The summed E-state index contributed by atoms with van der Waals surface area (Å²) in [6.45, 7) is 9.54. The number of ether oxygens (including phenoxy) is 1. The number of allylic oxidation sites excluding steroid dienone is 1. The van der Waals surface area contributed by atoms with Gasteiger partial charge in [0.05, 0.1) is 11.7 Å². The quantitative estimate of drug-likeness (QED) is 0.631. The number of fused-ring (bicyclic) bond motifs is 1. The molecule has 0 aromatic rings. The first kappa shape index (κ1) is 14.6. The van der Waals surface area contributed by atoms with Gasteiger partial charge in [-0.15, -0.1) is 0 Å². The van der Waals surface area contributed by atoms with Crippen LogP contribution < -0.4 is 0 Å². The average molecular weight is 276 g/mol. The van der Waals surface area contributed by atoms with Gasteiger partial charge >= 0.3 is 0 Å². The Labute approximate surface area is 125 Å². The van der Waals surface area contributed by atoms with E-state index in [0.29, 0.717) is 17.4 Å². The van der Waals surface area contributed by atoms with Gasteiger partial charge in [0, 0.05) is 0 Å². The van der Waals surface area contributed by atoms with E-state index in [1.807, 2.05) is 0 Å². The molecule has 1 nitrogen and oxygen atoms in total. The first-order valence-electron chi connectivity index (χ1n) is 8.82. The Morgan fingerprint density at radius 2 is 2.05 bits per heavy atom. The van der Waals surface area contributed by atoms with Crippen LogP contribution in [0.1, 0.15) is 72.6 Å². The van der Waals surface area contributed by atoms with E-state index in [4.69, 9.17) is 4.74 Å². The summed E-state index contributed by atoms with van der Waals surface area (Å²) in [7, 11) is 0. The summed E-state index contributed by atoms with van der Waals surface area (Å²) >= 11 is 0. The molecular formula is C19H32O. The molecule has 1 saturated carbocycles. The molecule has 1 aliphatic heterocycles. The maximum atomic E-state index is 6.83. The monoisotopic (exact) mass is 276 g/mol. The van der Waals surface area contributed by atoms with Crippen LogP contribution >= 0.6 is 0 Å². The van der Waals surface area contributed by atoms with Crippen LogP contribution in [0.25, 0.3) is 0 Å². The van der Waals surface area contributed by atoms with Crippen molar-refractivity contribution in [3.63, 3.8) is 0 Å². The van der Waals surface area contributed by atoms with Crippen LogP contribution in [-0.4, -0.2) is 11.7 Å². The number of hydrogen-bond donors (Lipinski definition) is 0. The summed E-state index contributed by atoms with van der Waals surface area (Å²) < 4.78 is 6.83. The summed E-state index contributed by atoms with van der Waals surface area (Å²) in [6.07, 6.45) is 14.6.